The standard InChI is InChI=1S/C34H65N2O6P/c1-3-5-7-9-11-13-15-16-17-18-20-22-24-26-28-34(38)36-32(31-42-43(39,40)41-30-29-35)33(37)27-25-23-21-19-14-12-10-8-6-4-2/h6,8,14,19,25,27,32-33,37H,3-5,7,9-13,15-18,20-24,26,28-31,35H2,1-2H3,(H,36,38)(H,39,40)/b8-6+,19-14+,27-25+. The van der Waals surface area contributed by atoms with E-state index in [1.54, 1.807) is 6.08 Å². The van der Waals surface area contributed by atoms with Gasteiger partial charge in [-0.25, -0.2) is 4.57 Å². The molecule has 0 aromatic rings. The van der Waals surface area contributed by atoms with E-state index in [9.17, 15) is 19.4 Å². The SMILES string of the molecule is CC/C=C/CC/C=C/CC/C=C/C(O)C(COP(=O)(O)OCCN)NC(=O)CCCCCCCCCCCCCCCC. The molecule has 0 aromatic carbocycles. The molecular weight excluding hydrogens is 563 g/mol. The van der Waals surface area contributed by atoms with Crippen LogP contribution in [0.1, 0.15) is 142 Å². The number of allylic oxidation sites excluding steroid dienone is 5. The summed E-state index contributed by atoms with van der Waals surface area (Å²) in [7, 11) is -4.33. The number of nitrogens with two attached hydrogens (primary N) is 1. The van der Waals surface area contributed by atoms with E-state index >= 15 is 0 Å². The van der Waals surface area contributed by atoms with Crippen molar-refractivity contribution in [2.45, 2.75) is 154 Å². The molecule has 8 nitrogen and oxygen atoms in total. The van der Waals surface area contributed by atoms with Gasteiger partial charge in [0, 0.05) is 13.0 Å². The van der Waals surface area contributed by atoms with Crippen LogP contribution < -0.4 is 11.1 Å². The van der Waals surface area contributed by atoms with Crippen molar-refractivity contribution in [3.05, 3.63) is 36.5 Å². The second kappa shape index (κ2) is 30.7. The van der Waals surface area contributed by atoms with Crippen LogP contribution in [0.2, 0.25) is 0 Å². The highest BCUT2D eigenvalue weighted by molar-refractivity contribution is 7.47. The quantitative estimate of drug-likeness (QED) is 0.0344. The summed E-state index contributed by atoms with van der Waals surface area (Å²) in [6.07, 6.45) is 33.4. The third-order valence-corrected chi connectivity index (χ3v) is 8.19. The van der Waals surface area contributed by atoms with Crippen LogP contribution >= 0.6 is 7.82 Å². The molecule has 0 rings (SSSR count). The van der Waals surface area contributed by atoms with Crippen molar-refractivity contribution in [1.29, 1.82) is 0 Å². The highest BCUT2D eigenvalue weighted by atomic mass is 31.2. The van der Waals surface area contributed by atoms with E-state index in [-0.39, 0.29) is 25.7 Å². The lowest BCUT2D eigenvalue weighted by atomic mass is 10.0. The summed E-state index contributed by atoms with van der Waals surface area (Å²) >= 11 is 0. The molecule has 0 radical (unpaired) electrons. The van der Waals surface area contributed by atoms with Crippen molar-refractivity contribution in [3.8, 4) is 0 Å². The van der Waals surface area contributed by atoms with E-state index < -0.39 is 20.0 Å². The average Bonchev–Trinajstić information content (AvgIpc) is 2.99. The Kier molecular flexibility index (Phi) is 29.8. The van der Waals surface area contributed by atoms with E-state index in [0.29, 0.717) is 6.42 Å². The molecule has 3 unspecified atom stereocenters. The smallest absolute Gasteiger partial charge is 0.387 e. The normalized spacial score (nSPS) is 15.0. The lowest BCUT2D eigenvalue weighted by Gasteiger charge is -2.23. The molecule has 0 spiro atoms. The van der Waals surface area contributed by atoms with Crippen LogP contribution in [0, 0.1) is 0 Å². The number of carbonyl (C=O) groups excluding carboxylic acids is 1. The molecule has 0 aromatic heterocycles. The molecule has 9 heteroatoms. The van der Waals surface area contributed by atoms with Crippen molar-refractivity contribution in [3.63, 3.8) is 0 Å². The second-order valence-corrected chi connectivity index (χ2v) is 12.8. The number of amides is 1. The van der Waals surface area contributed by atoms with Gasteiger partial charge in [0.25, 0.3) is 0 Å². The number of hydrogen-bond donors (Lipinski definition) is 4. The number of aliphatic hydroxyl groups is 1. The number of phosphoric acid groups is 1. The van der Waals surface area contributed by atoms with Crippen LogP contribution in [0.15, 0.2) is 36.5 Å². The van der Waals surface area contributed by atoms with E-state index in [1.165, 1.54) is 70.6 Å². The summed E-state index contributed by atoms with van der Waals surface area (Å²) in [6.45, 7) is 3.95. The minimum absolute atomic E-state index is 0.0719. The monoisotopic (exact) mass is 628 g/mol. The Morgan fingerprint density at radius 3 is 1.77 bits per heavy atom. The Morgan fingerprint density at radius 2 is 1.26 bits per heavy atom. The first kappa shape index (κ1) is 41.7. The highest BCUT2D eigenvalue weighted by Crippen LogP contribution is 2.43. The fourth-order valence-electron chi connectivity index (χ4n) is 4.64. The minimum atomic E-state index is -4.33. The average molecular weight is 629 g/mol. The van der Waals surface area contributed by atoms with Crippen LogP contribution in [0.25, 0.3) is 0 Å². The minimum Gasteiger partial charge on any atom is -0.387 e. The van der Waals surface area contributed by atoms with Gasteiger partial charge < -0.3 is 21.1 Å². The van der Waals surface area contributed by atoms with Gasteiger partial charge in [-0.3, -0.25) is 13.8 Å². The molecule has 0 bridgehead atoms. The molecule has 3 atom stereocenters. The van der Waals surface area contributed by atoms with Crippen molar-refractivity contribution in [1.82, 2.24) is 5.32 Å². The third kappa shape index (κ3) is 29.2. The van der Waals surface area contributed by atoms with Gasteiger partial charge in [0.05, 0.1) is 25.4 Å². The van der Waals surface area contributed by atoms with E-state index in [1.807, 2.05) is 6.08 Å². The summed E-state index contributed by atoms with van der Waals surface area (Å²) in [5.74, 6) is -0.212. The van der Waals surface area contributed by atoms with Gasteiger partial charge in [0.15, 0.2) is 0 Å². The first-order valence-electron chi connectivity index (χ1n) is 17.1. The Hall–Kier alpha value is -1.28. The molecule has 43 heavy (non-hydrogen) atoms. The lowest BCUT2D eigenvalue weighted by Crippen LogP contribution is -2.45. The molecule has 0 aliphatic heterocycles. The maximum atomic E-state index is 12.6. The first-order chi connectivity index (χ1) is 20.9. The topological polar surface area (TPSA) is 131 Å². The zero-order valence-corrected chi connectivity index (χ0v) is 28.3. The Labute approximate surface area is 263 Å². The number of carbonyl (C=O) groups is 1. The predicted molar refractivity (Wildman–Crippen MR) is 180 cm³/mol. The Bertz CT molecular complexity index is 774. The van der Waals surface area contributed by atoms with Crippen LogP contribution in [0.4, 0.5) is 0 Å². The lowest BCUT2D eigenvalue weighted by molar-refractivity contribution is -0.123. The summed E-state index contributed by atoms with van der Waals surface area (Å²) in [5.41, 5.74) is 5.33. The van der Waals surface area contributed by atoms with Crippen LogP contribution in [-0.4, -0.2) is 47.8 Å². The number of phosphoric ester groups is 1. The number of unbranched alkanes of at least 4 members (excludes halogenated alkanes) is 15. The van der Waals surface area contributed by atoms with Gasteiger partial charge in [0.1, 0.15) is 0 Å². The van der Waals surface area contributed by atoms with Crippen molar-refractivity contribution < 1.29 is 28.4 Å². The molecule has 0 aliphatic rings. The first-order valence-corrected chi connectivity index (χ1v) is 18.6. The Balaban J connectivity index is 4.39. The molecule has 0 saturated heterocycles. The van der Waals surface area contributed by atoms with E-state index in [2.05, 4.69) is 43.5 Å². The summed E-state index contributed by atoms with van der Waals surface area (Å²) in [4.78, 5) is 22.5. The fourth-order valence-corrected chi connectivity index (χ4v) is 5.40. The van der Waals surface area contributed by atoms with Gasteiger partial charge >= 0.3 is 7.82 Å². The molecule has 252 valence electrons. The van der Waals surface area contributed by atoms with Crippen LogP contribution in [0.5, 0.6) is 0 Å². The molecule has 0 fully saturated rings. The molecule has 0 heterocycles. The van der Waals surface area contributed by atoms with Crippen LogP contribution in [-0.2, 0) is 18.4 Å². The summed E-state index contributed by atoms with van der Waals surface area (Å²) in [5, 5.41) is 13.5. The predicted octanol–water partition coefficient (Wildman–Crippen LogP) is 8.43. The number of aliphatic hydroxyl groups excluding tert-OH is 1. The van der Waals surface area contributed by atoms with Crippen LogP contribution in [0.3, 0.4) is 0 Å². The van der Waals surface area contributed by atoms with Crippen molar-refractivity contribution in [2.75, 3.05) is 19.8 Å². The van der Waals surface area contributed by atoms with E-state index in [0.717, 1.165) is 51.4 Å². The molecule has 5 N–H and O–H groups in total. The molecule has 0 saturated carbocycles. The van der Waals surface area contributed by atoms with Crippen molar-refractivity contribution in [2.24, 2.45) is 5.73 Å². The number of rotatable bonds is 31. The van der Waals surface area contributed by atoms with E-state index in [4.69, 9.17) is 14.8 Å². The van der Waals surface area contributed by atoms with Gasteiger partial charge in [-0.2, -0.15) is 0 Å². The molecular formula is C34H65N2O6P. The van der Waals surface area contributed by atoms with Crippen molar-refractivity contribution >= 4 is 13.7 Å². The van der Waals surface area contributed by atoms with Gasteiger partial charge in [0.2, 0.25) is 5.91 Å². The zero-order chi connectivity index (χ0) is 31.9. The Morgan fingerprint density at radius 1 is 0.767 bits per heavy atom. The number of hydrogen-bond acceptors (Lipinski definition) is 6. The highest BCUT2D eigenvalue weighted by Gasteiger charge is 2.26. The fraction of sp³-hybridized carbons (Fsp3) is 0.794. The zero-order valence-electron chi connectivity index (χ0n) is 27.4. The maximum Gasteiger partial charge on any atom is 0.472 e. The third-order valence-electron chi connectivity index (χ3n) is 7.21. The number of nitrogens with one attached hydrogen (secondary N) is 1. The van der Waals surface area contributed by atoms with Gasteiger partial charge in [-0.15, -0.1) is 0 Å². The van der Waals surface area contributed by atoms with Gasteiger partial charge in [-0.1, -0.05) is 134 Å². The molecule has 1 amide bonds. The second-order valence-electron chi connectivity index (χ2n) is 11.3. The summed E-state index contributed by atoms with van der Waals surface area (Å²) in [6, 6.07) is -0.877. The summed E-state index contributed by atoms with van der Waals surface area (Å²) < 4.78 is 21.9. The maximum absolute atomic E-state index is 12.6. The molecule has 0 aliphatic carbocycles. The largest absolute Gasteiger partial charge is 0.472 e. The van der Waals surface area contributed by atoms with Gasteiger partial charge in [-0.05, 0) is 38.5 Å².